The molecule has 0 saturated carbocycles. The summed E-state index contributed by atoms with van der Waals surface area (Å²) in [7, 11) is 0. The van der Waals surface area contributed by atoms with Gasteiger partial charge in [-0.15, -0.1) is 0 Å². The van der Waals surface area contributed by atoms with Gasteiger partial charge in [-0.1, -0.05) is 0 Å². The molecule has 0 unspecified atom stereocenters. The summed E-state index contributed by atoms with van der Waals surface area (Å²) in [4.78, 5) is 0. The molecule has 0 heterocycles. The normalized spacial score (nSPS) is 6.00. The average molecular weight is 272 g/mol. The minimum Gasteiger partial charge on any atom is -0.184 e. The van der Waals surface area contributed by atoms with E-state index in [1.54, 1.807) is 0 Å². The predicted molar refractivity (Wildman–Crippen MR) is 31.0 cm³/mol. The third-order valence-corrected chi connectivity index (χ3v) is 0.607. The van der Waals surface area contributed by atoms with Gasteiger partial charge in [-0.25, -0.2) is 0 Å². The minimum absolute atomic E-state index is 0. The predicted octanol–water partition coefficient (Wildman–Crippen LogP) is 1.10. The second kappa shape index (κ2) is 6.97. The summed E-state index contributed by atoms with van der Waals surface area (Å²) >= 11 is 0. The minimum atomic E-state index is 0. The molecule has 8 heavy (non-hydrogen) atoms. The van der Waals surface area contributed by atoms with E-state index in [1.165, 1.54) is 0 Å². The molecule has 39 valence electrons. The molecule has 0 saturated heterocycles. The molecule has 0 aliphatic heterocycles. The van der Waals surface area contributed by atoms with Crippen LogP contribution in [0.4, 0.5) is 0 Å². The van der Waals surface area contributed by atoms with Gasteiger partial charge in [0.15, 0.2) is 0 Å². The second-order valence-electron chi connectivity index (χ2n) is 1.08. The van der Waals surface area contributed by atoms with E-state index in [-0.39, 0.29) is 29.5 Å². The standard InChI is InChI=1S/C6H5.B.W/c1-2-4-6-5-3-1;;/h1-5H;;/q-1;;. The monoisotopic (exact) mass is 272 g/mol. The van der Waals surface area contributed by atoms with Gasteiger partial charge < -0.3 is 0 Å². The first-order chi connectivity index (χ1) is 3.00. The van der Waals surface area contributed by atoms with Crippen molar-refractivity contribution in [3.63, 3.8) is 0 Å². The van der Waals surface area contributed by atoms with Gasteiger partial charge in [0.1, 0.15) is 0 Å². The maximum absolute atomic E-state index is 2.89. The number of hydrogen-bond acceptors (Lipinski definition) is 0. The van der Waals surface area contributed by atoms with E-state index in [1.807, 2.05) is 30.3 Å². The second-order valence-corrected chi connectivity index (χ2v) is 1.08. The Bertz CT molecular complexity index is 80.5. The summed E-state index contributed by atoms with van der Waals surface area (Å²) in [6.45, 7) is 0. The molecule has 0 aliphatic carbocycles. The molecule has 3 radical (unpaired) electrons. The molecule has 0 N–H and O–H groups in total. The first-order valence-electron chi connectivity index (χ1n) is 1.91. The van der Waals surface area contributed by atoms with E-state index in [4.69, 9.17) is 0 Å². The van der Waals surface area contributed by atoms with E-state index >= 15 is 0 Å². The Balaban J connectivity index is 0. The van der Waals surface area contributed by atoms with Crippen LogP contribution >= 0.6 is 0 Å². The largest absolute Gasteiger partial charge is 0.184 e. The molecule has 1 aromatic carbocycles. The van der Waals surface area contributed by atoms with E-state index < -0.39 is 0 Å². The fourth-order valence-corrected chi connectivity index (χ4v) is 0.342. The average Bonchev–Trinajstić information content (AvgIpc) is 1.72. The third-order valence-electron chi connectivity index (χ3n) is 0.607. The zero-order valence-corrected chi connectivity index (χ0v) is 7.31. The molecule has 0 atom stereocenters. The van der Waals surface area contributed by atoms with Crippen LogP contribution in [0.1, 0.15) is 0 Å². The Kier molecular flexibility index (Phi) is 9.47. The topological polar surface area (TPSA) is 0 Å². The molecule has 0 spiro atoms. The van der Waals surface area contributed by atoms with Crippen molar-refractivity contribution >= 4 is 8.41 Å². The van der Waals surface area contributed by atoms with Crippen LogP contribution in [0.15, 0.2) is 30.3 Å². The van der Waals surface area contributed by atoms with Crippen molar-refractivity contribution in [2.75, 3.05) is 0 Å². The zero-order valence-electron chi connectivity index (χ0n) is 4.37. The molecule has 1 rings (SSSR count). The molecule has 0 fully saturated rings. The molecular weight excluding hydrogens is 267 g/mol. The molecular formula is C6H5BW-. The van der Waals surface area contributed by atoms with Crippen molar-refractivity contribution in [1.82, 2.24) is 0 Å². The van der Waals surface area contributed by atoms with E-state index in [9.17, 15) is 0 Å². The quantitative estimate of drug-likeness (QED) is 0.490. The Hall–Kier alpha value is -0.0268. The van der Waals surface area contributed by atoms with Gasteiger partial charge in [-0.3, -0.25) is 0 Å². The van der Waals surface area contributed by atoms with Crippen LogP contribution in [0.2, 0.25) is 0 Å². The van der Waals surface area contributed by atoms with Gasteiger partial charge in [-0.05, 0) is 0 Å². The van der Waals surface area contributed by atoms with E-state index in [0.29, 0.717) is 0 Å². The fourth-order valence-electron chi connectivity index (χ4n) is 0.342. The van der Waals surface area contributed by atoms with Gasteiger partial charge in [0.05, 0.1) is 0 Å². The smallest absolute Gasteiger partial charge is 0 e. The van der Waals surface area contributed by atoms with Crippen LogP contribution in [0.25, 0.3) is 0 Å². The van der Waals surface area contributed by atoms with Gasteiger partial charge >= 0.3 is 0 Å². The maximum atomic E-state index is 2.89. The Labute approximate surface area is 66.1 Å². The summed E-state index contributed by atoms with van der Waals surface area (Å²) in [5.41, 5.74) is 0. The summed E-state index contributed by atoms with van der Waals surface area (Å²) in [6, 6.07) is 12.5. The van der Waals surface area contributed by atoms with Crippen molar-refractivity contribution in [1.29, 1.82) is 0 Å². The van der Waals surface area contributed by atoms with Crippen molar-refractivity contribution in [2.45, 2.75) is 0 Å². The molecule has 0 nitrogen and oxygen atoms in total. The Morgan fingerprint density at radius 1 is 0.875 bits per heavy atom. The fraction of sp³-hybridized carbons (Fsp3) is 0. The van der Waals surface area contributed by atoms with Crippen LogP contribution in [0.5, 0.6) is 0 Å². The molecule has 0 aromatic heterocycles. The number of hydrogen-bond donors (Lipinski definition) is 0. The SMILES string of the molecule is [B].[W].[c-]1ccccc1. The van der Waals surface area contributed by atoms with Crippen molar-refractivity contribution in [3.05, 3.63) is 36.4 Å². The van der Waals surface area contributed by atoms with Crippen LogP contribution in [-0.4, -0.2) is 8.41 Å². The molecule has 0 aliphatic rings. The van der Waals surface area contributed by atoms with Gasteiger partial charge in [0.25, 0.3) is 0 Å². The van der Waals surface area contributed by atoms with Crippen molar-refractivity contribution < 1.29 is 21.1 Å². The molecule has 2 heteroatoms. The maximum Gasteiger partial charge on any atom is 0 e. The number of benzene rings is 1. The van der Waals surface area contributed by atoms with E-state index in [0.717, 1.165) is 0 Å². The van der Waals surface area contributed by atoms with Crippen molar-refractivity contribution in [2.24, 2.45) is 0 Å². The Morgan fingerprint density at radius 2 is 1.38 bits per heavy atom. The first kappa shape index (κ1) is 10.9. The zero-order chi connectivity index (χ0) is 4.24. The summed E-state index contributed by atoms with van der Waals surface area (Å²) in [5.74, 6) is 0. The van der Waals surface area contributed by atoms with Gasteiger partial charge in [0.2, 0.25) is 0 Å². The molecule has 1 aromatic rings. The van der Waals surface area contributed by atoms with Gasteiger partial charge in [-0.2, -0.15) is 36.4 Å². The third kappa shape index (κ3) is 4.14. The first-order valence-corrected chi connectivity index (χ1v) is 1.91. The Morgan fingerprint density at radius 3 is 1.50 bits per heavy atom. The van der Waals surface area contributed by atoms with Gasteiger partial charge in [0, 0.05) is 29.5 Å². The van der Waals surface area contributed by atoms with Crippen LogP contribution < -0.4 is 0 Å². The van der Waals surface area contributed by atoms with E-state index in [2.05, 4.69) is 6.07 Å². The summed E-state index contributed by atoms with van der Waals surface area (Å²) < 4.78 is 0. The van der Waals surface area contributed by atoms with Crippen LogP contribution in [-0.2, 0) is 21.1 Å². The summed E-state index contributed by atoms with van der Waals surface area (Å²) in [6.07, 6.45) is 0. The van der Waals surface area contributed by atoms with Crippen LogP contribution in [0.3, 0.4) is 0 Å². The van der Waals surface area contributed by atoms with Crippen LogP contribution in [0, 0.1) is 6.07 Å². The molecule has 0 bridgehead atoms. The molecule has 0 amide bonds. The van der Waals surface area contributed by atoms with Crippen molar-refractivity contribution in [3.8, 4) is 0 Å². The summed E-state index contributed by atoms with van der Waals surface area (Å²) in [5, 5.41) is 0. The number of rotatable bonds is 0.